The van der Waals surface area contributed by atoms with Gasteiger partial charge in [-0.1, -0.05) is 0 Å². The van der Waals surface area contributed by atoms with E-state index in [0.29, 0.717) is 6.42 Å². The highest BCUT2D eigenvalue weighted by atomic mass is 32.2. The lowest BCUT2D eigenvalue weighted by atomic mass is 10.0. The fourth-order valence-corrected chi connectivity index (χ4v) is 3.46. The summed E-state index contributed by atoms with van der Waals surface area (Å²) < 4.78 is 13.4. The van der Waals surface area contributed by atoms with Gasteiger partial charge in [-0.05, 0) is 42.3 Å². The number of aromatic nitrogens is 1. The van der Waals surface area contributed by atoms with Gasteiger partial charge in [0.05, 0.1) is 6.04 Å². The molecule has 6 heteroatoms. The molecule has 0 radical (unpaired) electrons. The number of amides is 1. The molecule has 1 aliphatic heterocycles. The molecule has 1 aromatic carbocycles. The van der Waals surface area contributed by atoms with Crippen LogP contribution in [-0.2, 0) is 0 Å². The summed E-state index contributed by atoms with van der Waals surface area (Å²) >= 11 is 1.64. The van der Waals surface area contributed by atoms with Crippen LogP contribution >= 0.6 is 11.8 Å². The number of halogens is 1. The van der Waals surface area contributed by atoms with Crippen molar-refractivity contribution in [1.29, 1.82) is 0 Å². The van der Waals surface area contributed by atoms with Crippen LogP contribution in [0.4, 0.5) is 4.39 Å². The average Bonchev–Trinajstić information content (AvgIpc) is 2.48. The summed E-state index contributed by atoms with van der Waals surface area (Å²) in [6.45, 7) is 0. The number of benzene rings is 1. The van der Waals surface area contributed by atoms with Crippen molar-refractivity contribution in [2.45, 2.75) is 17.4 Å². The fourth-order valence-electron chi connectivity index (χ4n) is 2.35. The number of hydrogen-bond donors (Lipinski definition) is 2. The minimum Gasteiger partial charge on any atom is -0.345 e. The van der Waals surface area contributed by atoms with Crippen LogP contribution in [-0.4, -0.2) is 16.6 Å². The van der Waals surface area contributed by atoms with Crippen molar-refractivity contribution in [1.82, 2.24) is 10.3 Å². The zero-order valence-corrected chi connectivity index (χ0v) is 11.9. The first-order valence-electron chi connectivity index (χ1n) is 6.56. The molecule has 1 atom stereocenters. The van der Waals surface area contributed by atoms with E-state index in [1.165, 1.54) is 24.4 Å². The zero-order chi connectivity index (χ0) is 14.8. The van der Waals surface area contributed by atoms with Crippen LogP contribution in [0.25, 0.3) is 0 Å². The monoisotopic (exact) mass is 304 g/mol. The molecule has 0 saturated heterocycles. The number of fused-ring (bicyclic) bond motifs is 1. The number of nitrogens with one attached hydrogen (secondary N) is 2. The Labute approximate surface area is 124 Å². The molecule has 1 unspecified atom stereocenters. The maximum absolute atomic E-state index is 13.4. The Bertz CT molecular complexity index is 744. The van der Waals surface area contributed by atoms with Crippen LogP contribution in [0.2, 0.25) is 0 Å². The van der Waals surface area contributed by atoms with E-state index < -0.39 is 11.5 Å². The van der Waals surface area contributed by atoms with E-state index >= 15 is 0 Å². The van der Waals surface area contributed by atoms with Crippen LogP contribution in [0.3, 0.4) is 0 Å². The van der Waals surface area contributed by atoms with Gasteiger partial charge in [0.15, 0.2) is 0 Å². The number of rotatable bonds is 2. The van der Waals surface area contributed by atoms with Crippen molar-refractivity contribution >= 4 is 17.7 Å². The Kier molecular flexibility index (Phi) is 3.79. The smallest absolute Gasteiger partial charge is 0.260 e. The molecule has 0 aliphatic carbocycles. The number of carbonyl (C=O) groups is 1. The van der Waals surface area contributed by atoms with E-state index in [0.717, 1.165) is 16.2 Å². The van der Waals surface area contributed by atoms with Gasteiger partial charge in [0.25, 0.3) is 11.5 Å². The van der Waals surface area contributed by atoms with Gasteiger partial charge in [0.2, 0.25) is 0 Å². The molecule has 0 fully saturated rings. The molecule has 21 heavy (non-hydrogen) atoms. The topological polar surface area (TPSA) is 62.0 Å². The van der Waals surface area contributed by atoms with E-state index in [1.807, 2.05) is 0 Å². The summed E-state index contributed by atoms with van der Waals surface area (Å²) in [6, 6.07) is 7.38. The second-order valence-electron chi connectivity index (χ2n) is 4.76. The van der Waals surface area contributed by atoms with Crippen LogP contribution in [0.1, 0.15) is 28.4 Å². The van der Waals surface area contributed by atoms with Crippen molar-refractivity contribution in [3.05, 3.63) is 63.8 Å². The van der Waals surface area contributed by atoms with E-state index in [9.17, 15) is 14.0 Å². The molecule has 108 valence electrons. The van der Waals surface area contributed by atoms with E-state index in [-0.39, 0.29) is 17.4 Å². The molecular weight excluding hydrogens is 291 g/mol. The second-order valence-corrected chi connectivity index (χ2v) is 5.90. The minimum absolute atomic E-state index is 0.0636. The molecule has 0 saturated carbocycles. The third kappa shape index (κ3) is 2.85. The Balaban J connectivity index is 1.87. The normalized spacial score (nSPS) is 17.1. The molecule has 0 bridgehead atoms. The van der Waals surface area contributed by atoms with Gasteiger partial charge in [-0.25, -0.2) is 4.39 Å². The first-order valence-corrected chi connectivity index (χ1v) is 7.54. The second kappa shape index (κ2) is 5.73. The fraction of sp³-hybridized carbons (Fsp3) is 0.200. The first kappa shape index (κ1) is 13.9. The molecule has 1 aromatic heterocycles. The zero-order valence-electron chi connectivity index (χ0n) is 11.1. The lowest BCUT2D eigenvalue weighted by Gasteiger charge is -2.25. The summed E-state index contributed by atoms with van der Waals surface area (Å²) in [5.41, 5.74) is 0.403. The van der Waals surface area contributed by atoms with Crippen molar-refractivity contribution in [3.8, 4) is 0 Å². The molecule has 3 rings (SSSR count). The molecule has 2 heterocycles. The predicted octanol–water partition coefficient (Wildman–Crippen LogP) is 2.48. The summed E-state index contributed by atoms with van der Waals surface area (Å²) in [4.78, 5) is 27.3. The third-order valence-electron chi connectivity index (χ3n) is 3.38. The lowest BCUT2D eigenvalue weighted by Crippen LogP contribution is -2.34. The molecule has 0 spiro atoms. The van der Waals surface area contributed by atoms with Crippen molar-refractivity contribution in [2.75, 3.05) is 5.75 Å². The molecule has 2 N–H and O–H groups in total. The molecule has 2 aromatic rings. The highest BCUT2D eigenvalue weighted by molar-refractivity contribution is 7.99. The minimum atomic E-state index is -0.441. The Morgan fingerprint density at radius 1 is 1.38 bits per heavy atom. The SMILES string of the molecule is O=C(NC1CCSc2ccc(F)cc21)c1ccc[nH]c1=O. The van der Waals surface area contributed by atoms with E-state index in [4.69, 9.17) is 0 Å². The van der Waals surface area contributed by atoms with Crippen LogP contribution in [0, 0.1) is 5.82 Å². The summed E-state index contributed by atoms with van der Waals surface area (Å²) in [5, 5.41) is 2.82. The Morgan fingerprint density at radius 2 is 2.24 bits per heavy atom. The summed E-state index contributed by atoms with van der Waals surface area (Å²) in [6.07, 6.45) is 2.18. The molecule has 1 aliphatic rings. The Morgan fingerprint density at radius 3 is 3.05 bits per heavy atom. The van der Waals surface area contributed by atoms with Crippen LogP contribution < -0.4 is 10.9 Å². The highest BCUT2D eigenvalue weighted by Crippen LogP contribution is 2.36. The van der Waals surface area contributed by atoms with E-state index in [1.54, 1.807) is 23.9 Å². The number of aromatic amines is 1. The number of carbonyl (C=O) groups excluding carboxylic acids is 1. The lowest BCUT2D eigenvalue weighted by molar-refractivity contribution is 0.0933. The van der Waals surface area contributed by atoms with Gasteiger partial charge < -0.3 is 10.3 Å². The number of hydrogen-bond acceptors (Lipinski definition) is 3. The van der Waals surface area contributed by atoms with Crippen LogP contribution in [0.5, 0.6) is 0 Å². The van der Waals surface area contributed by atoms with Crippen LogP contribution in [0.15, 0.2) is 46.2 Å². The average molecular weight is 304 g/mol. The number of H-pyrrole nitrogens is 1. The summed E-state index contributed by atoms with van der Waals surface area (Å²) in [7, 11) is 0. The largest absolute Gasteiger partial charge is 0.345 e. The van der Waals surface area contributed by atoms with Crippen molar-refractivity contribution in [3.63, 3.8) is 0 Å². The maximum Gasteiger partial charge on any atom is 0.260 e. The van der Waals surface area contributed by atoms with Crippen molar-refractivity contribution < 1.29 is 9.18 Å². The first-order chi connectivity index (χ1) is 10.1. The Hall–Kier alpha value is -2.08. The molecule has 1 amide bonds. The van der Waals surface area contributed by atoms with Gasteiger partial charge in [0.1, 0.15) is 11.4 Å². The quantitative estimate of drug-likeness (QED) is 0.896. The number of thioether (sulfide) groups is 1. The van der Waals surface area contributed by atoms with Gasteiger partial charge in [-0.3, -0.25) is 9.59 Å². The molecule has 4 nitrogen and oxygen atoms in total. The van der Waals surface area contributed by atoms with Gasteiger partial charge in [0, 0.05) is 16.8 Å². The molecular formula is C15H13FN2O2S. The number of pyridine rings is 1. The van der Waals surface area contributed by atoms with Gasteiger partial charge >= 0.3 is 0 Å². The predicted molar refractivity (Wildman–Crippen MR) is 79.0 cm³/mol. The van der Waals surface area contributed by atoms with Gasteiger partial charge in [-0.15, -0.1) is 11.8 Å². The van der Waals surface area contributed by atoms with Crippen molar-refractivity contribution in [2.24, 2.45) is 0 Å². The maximum atomic E-state index is 13.4. The third-order valence-corrected chi connectivity index (χ3v) is 4.50. The standard InChI is InChI=1S/C15H13FN2O2S/c16-9-3-4-13-11(8-9)12(5-7-21-13)18-15(20)10-2-1-6-17-14(10)19/h1-4,6,8,12H,5,7H2,(H,17,19)(H,18,20). The summed E-state index contributed by atoms with van der Waals surface area (Å²) in [5.74, 6) is 0.0753. The van der Waals surface area contributed by atoms with Gasteiger partial charge in [-0.2, -0.15) is 0 Å². The van der Waals surface area contributed by atoms with E-state index in [2.05, 4.69) is 10.3 Å². The highest BCUT2D eigenvalue weighted by Gasteiger charge is 2.24.